The van der Waals surface area contributed by atoms with Crippen molar-refractivity contribution in [1.82, 2.24) is 0 Å². The van der Waals surface area contributed by atoms with Gasteiger partial charge in [0, 0.05) is 11.8 Å². The Labute approximate surface area is 151 Å². The summed E-state index contributed by atoms with van der Waals surface area (Å²) in [4.78, 5) is 0. The molecule has 0 fully saturated rings. The summed E-state index contributed by atoms with van der Waals surface area (Å²) >= 11 is 0. The molecule has 0 heterocycles. The summed E-state index contributed by atoms with van der Waals surface area (Å²) in [6.07, 6.45) is 15.6. The minimum Gasteiger partial charge on any atom is -0.305 e. The average molecular weight is 360 g/mol. The van der Waals surface area contributed by atoms with Gasteiger partial charge in [-0.15, -0.1) is 0 Å². The first kappa shape index (κ1) is 18.6. The van der Waals surface area contributed by atoms with Gasteiger partial charge in [0.15, 0.2) is 0 Å². The molecule has 0 aromatic heterocycles. The molecule has 3 nitrogen and oxygen atoms in total. The molecule has 0 amide bonds. The molecule has 25 heavy (non-hydrogen) atoms. The Bertz CT molecular complexity index is 633. The fourth-order valence-electron chi connectivity index (χ4n) is 3.48. The van der Waals surface area contributed by atoms with E-state index in [2.05, 4.69) is 24.3 Å². The van der Waals surface area contributed by atoms with Crippen molar-refractivity contribution in [2.75, 3.05) is 13.2 Å². The minimum absolute atomic E-state index is 0.337. The Morgan fingerprint density at radius 1 is 0.960 bits per heavy atom. The molecule has 1 aromatic rings. The summed E-state index contributed by atoms with van der Waals surface area (Å²) in [6.45, 7) is 2.89. The molecule has 0 saturated carbocycles. The van der Waals surface area contributed by atoms with Gasteiger partial charge in [0.1, 0.15) is 0 Å². The summed E-state index contributed by atoms with van der Waals surface area (Å²) in [5.41, 5.74) is 0.962. The van der Waals surface area contributed by atoms with Crippen LogP contribution in [0, 0.1) is 18.8 Å². The van der Waals surface area contributed by atoms with Gasteiger partial charge < -0.3 is 9.05 Å². The van der Waals surface area contributed by atoms with Crippen LogP contribution in [0.5, 0.6) is 0 Å². The molecule has 0 aliphatic heterocycles. The van der Waals surface area contributed by atoms with Crippen LogP contribution >= 0.6 is 7.60 Å². The third kappa shape index (κ3) is 5.17. The third-order valence-corrected chi connectivity index (χ3v) is 7.11. The molecular formula is C21H29O3P. The highest BCUT2D eigenvalue weighted by atomic mass is 31.2. The van der Waals surface area contributed by atoms with Crippen LogP contribution < -0.4 is 5.30 Å². The van der Waals surface area contributed by atoms with Crippen molar-refractivity contribution >= 4 is 12.9 Å². The fraction of sp³-hybridized carbons (Fsp3) is 0.524. The van der Waals surface area contributed by atoms with Gasteiger partial charge in [-0.3, -0.25) is 4.57 Å². The summed E-state index contributed by atoms with van der Waals surface area (Å²) in [7, 11) is -3.31. The molecule has 1 aromatic carbocycles. The fourth-order valence-corrected chi connectivity index (χ4v) is 5.38. The predicted octanol–water partition coefficient (Wildman–Crippen LogP) is 5.56. The minimum atomic E-state index is -3.31. The second kappa shape index (κ2) is 8.98. The molecule has 3 rings (SSSR count). The van der Waals surface area contributed by atoms with Crippen LogP contribution in [0.1, 0.15) is 44.1 Å². The van der Waals surface area contributed by atoms with Crippen molar-refractivity contribution in [2.24, 2.45) is 11.8 Å². The van der Waals surface area contributed by atoms with Crippen LogP contribution in [0.2, 0.25) is 0 Å². The zero-order valence-corrected chi connectivity index (χ0v) is 16.0. The lowest BCUT2D eigenvalue weighted by Gasteiger charge is -2.25. The van der Waals surface area contributed by atoms with Crippen LogP contribution in [0.3, 0.4) is 0 Å². The summed E-state index contributed by atoms with van der Waals surface area (Å²) in [5, 5.41) is 0.703. The van der Waals surface area contributed by atoms with E-state index in [4.69, 9.17) is 9.05 Å². The van der Waals surface area contributed by atoms with Crippen molar-refractivity contribution in [3.63, 3.8) is 0 Å². The molecule has 2 aliphatic rings. The highest BCUT2D eigenvalue weighted by Crippen LogP contribution is 2.49. The van der Waals surface area contributed by atoms with Crippen molar-refractivity contribution in [1.29, 1.82) is 0 Å². The SMILES string of the molecule is Cc1ccccc1P(=O)(OCC1C=CCCC1)OCC1C=CCCC1. The van der Waals surface area contributed by atoms with Crippen molar-refractivity contribution in [2.45, 2.75) is 45.4 Å². The number of hydrogen-bond donors (Lipinski definition) is 0. The van der Waals surface area contributed by atoms with E-state index in [1.807, 2.05) is 31.2 Å². The van der Waals surface area contributed by atoms with Gasteiger partial charge >= 0.3 is 7.60 Å². The summed E-state index contributed by atoms with van der Waals surface area (Å²) < 4.78 is 25.6. The number of benzene rings is 1. The Balaban J connectivity index is 1.72. The van der Waals surface area contributed by atoms with E-state index >= 15 is 0 Å². The van der Waals surface area contributed by atoms with E-state index in [-0.39, 0.29) is 0 Å². The van der Waals surface area contributed by atoms with Gasteiger partial charge in [-0.2, -0.15) is 0 Å². The van der Waals surface area contributed by atoms with Crippen LogP contribution in [0.15, 0.2) is 48.6 Å². The second-order valence-corrected chi connectivity index (χ2v) is 9.11. The van der Waals surface area contributed by atoms with E-state index in [0.717, 1.165) is 31.2 Å². The Kier molecular flexibility index (Phi) is 6.70. The molecule has 2 unspecified atom stereocenters. The molecule has 0 N–H and O–H groups in total. The van der Waals surface area contributed by atoms with E-state index < -0.39 is 7.60 Å². The topological polar surface area (TPSA) is 35.5 Å². The Hall–Kier alpha value is -1.15. The Morgan fingerprint density at radius 3 is 2.00 bits per heavy atom. The maximum Gasteiger partial charge on any atom is 0.361 e. The van der Waals surface area contributed by atoms with Crippen molar-refractivity contribution in [3.05, 3.63) is 54.1 Å². The molecule has 4 heteroatoms. The average Bonchev–Trinajstić information content (AvgIpc) is 2.67. The molecule has 136 valence electrons. The Morgan fingerprint density at radius 2 is 1.52 bits per heavy atom. The lowest BCUT2D eigenvalue weighted by Crippen LogP contribution is -2.19. The van der Waals surface area contributed by atoms with Crippen LogP contribution in [0.25, 0.3) is 0 Å². The first-order chi connectivity index (χ1) is 12.2. The standard InChI is InChI=1S/C21H29O3P/c1-18-10-8-9-15-21(18)25(22,23-16-19-11-4-2-5-12-19)24-17-20-13-6-3-7-14-20/h4,6,8-11,13,15,19-20H,2-3,5,7,12,14,16-17H2,1H3. The summed E-state index contributed by atoms with van der Waals surface area (Å²) in [6, 6.07) is 7.71. The third-order valence-electron chi connectivity index (χ3n) is 5.04. The van der Waals surface area contributed by atoms with Crippen molar-refractivity contribution in [3.8, 4) is 0 Å². The molecular weight excluding hydrogens is 331 g/mol. The molecule has 0 radical (unpaired) electrons. The largest absolute Gasteiger partial charge is 0.361 e. The van der Waals surface area contributed by atoms with E-state index in [1.54, 1.807) is 0 Å². The normalized spacial score (nSPS) is 25.6. The highest BCUT2D eigenvalue weighted by molar-refractivity contribution is 7.62. The smallest absolute Gasteiger partial charge is 0.305 e. The van der Waals surface area contributed by atoms with Gasteiger partial charge in [0.2, 0.25) is 0 Å². The van der Waals surface area contributed by atoms with E-state index in [1.165, 1.54) is 12.8 Å². The highest BCUT2D eigenvalue weighted by Gasteiger charge is 2.31. The monoisotopic (exact) mass is 360 g/mol. The van der Waals surface area contributed by atoms with Gasteiger partial charge in [-0.25, -0.2) is 0 Å². The van der Waals surface area contributed by atoms with Gasteiger partial charge in [0.05, 0.1) is 18.5 Å². The summed E-state index contributed by atoms with van der Waals surface area (Å²) in [5.74, 6) is 0.675. The lowest BCUT2D eigenvalue weighted by molar-refractivity contribution is 0.177. The second-order valence-electron chi connectivity index (χ2n) is 7.11. The predicted molar refractivity (Wildman–Crippen MR) is 103 cm³/mol. The molecule has 0 saturated heterocycles. The zero-order chi connectivity index (χ0) is 17.5. The quantitative estimate of drug-likeness (QED) is 0.472. The van der Waals surface area contributed by atoms with Gasteiger partial charge in [0.25, 0.3) is 0 Å². The number of rotatable bonds is 7. The van der Waals surface area contributed by atoms with Crippen LogP contribution in [0.4, 0.5) is 0 Å². The van der Waals surface area contributed by atoms with Crippen LogP contribution in [-0.4, -0.2) is 13.2 Å². The van der Waals surface area contributed by atoms with Gasteiger partial charge in [-0.1, -0.05) is 42.5 Å². The molecule has 0 bridgehead atoms. The zero-order valence-electron chi connectivity index (χ0n) is 15.1. The molecule has 2 aliphatic carbocycles. The maximum atomic E-state index is 13.6. The lowest BCUT2D eigenvalue weighted by atomic mass is 9.97. The van der Waals surface area contributed by atoms with Crippen molar-refractivity contribution < 1.29 is 13.6 Å². The first-order valence-corrected chi connectivity index (χ1v) is 11.0. The van der Waals surface area contributed by atoms with Crippen LogP contribution in [-0.2, 0) is 13.6 Å². The number of aryl methyl sites for hydroxylation is 1. The van der Waals surface area contributed by atoms with E-state index in [9.17, 15) is 4.57 Å². The first-order valence-electron chi connectivity index (χ1n) is 9.46. The number of allylic oxidation sites excluding steroid dienone is 2. The van der Waals surface area contributed by atoms with E-state index in [0.29, 0.717) is 30.4 Å². The maximum absolute atomic E-state index is 13.6. The molecule has 0 spiro atoms. The molecule has 2 atom stereocenters. The number of hydrogen-bond acceptors (Lipinski definition) is 3. The van der Waals surface area contributed by atoms with Gasteiger partial charge in [-0.05, 0) is 57.1 Å².